The summed E-state index contributed by atoms with van der Waals surface area (Å²) >= 11 is 0. The summed E-state index contributed by atoms with van der Waals surface area (Å²) in [5.41, 5.74) is 1.51. The Morgan fingerprint density at radius 2 is 1.52 bits per heavy atom. The number of hydrogen-bond donors (Lipinski definition) is 1. The Bertz CT molecular complexity index is 908. The first-order valence-corrected chi connectivity index (χ1v) is 10.3. The molecule has 1 N–H and O–H groups in total. The molecule has 2 saturated heterocycles. The van der Waals surface area contributed by atoms with Gasteiger partial charge < -0.3 is 10.1 Å². The molecule has 5 rings (SSSR count). The van der Waals surface area contributed by atoms with Gasteiger partial charge in [-0.2, -0.15) is 0 Å². The summed E-state index contributed by atoms with van der Waals surface area (Å²) < 4.78 is 5.70. The minimum absolute atomic E-state index is 0.477. The maximum Gasteiger partial charge on any atom is 0.0469 e. The Balaban J connectivity index is 1.70. The molecular weight excluding hydrogens is 332 g/mol. The number of rotatable bonds is 3. The zero-order chi connectivity index (χ0) is 18.1. The van der Waals surface area contributed by atoms with Gasteiger partial charge in [-0.25, -0.2) is 0 Å². The standard InChI is InChI=1S/C24H28N2O/c1-2-6-20-19(5-1)17-23(22-8-4-3-7-21(20)22)24(18-9-15-27-16-10-18)26-13-11-25-12-14-26/h1-8,17-18,24-25H,9-16H2/t24-/m0/s1. The lowest BCUT2D eigenvalue weighted by Gasteiger charge is -2.41. The van der Waals surface area contributed by atoms with E-state index < -0.39 is 0 Å². The molecule has 0 aromatic heterocycles. The maximum atomic E-state index is 5.70. The average molecular weight is 361 g/mol. The summed E-state index contributed by atoms with van der Waals surface area (Å²) in [6.07, 6.45) is 2.32. The van der Waals surface area contributed by atoms with Crippen LogP contribution < -0.4 is 5.32 Å². The van der Waals surface area contributed by atoms with Crippen molar-refractivity contribution < 1.29 is 4.74 Å². The minimum Gasteiger partial charge on any atom is -0.381 e. The van der Waals surface area contributed by atoms with Gasteiger partial charge in [0, 0.05) is 45.4 Å². The van der Waals surface area contributed by atoms with E-state index in [4.69, 9.17) is 4.74 Å². The zero-order valence-electron chi connectivity index (χ0n) is 15.9. The molecule has 3 aromatic carbocycles. The van der Waals surface area contributed by atoms with E-state index in [1.54, 1.807) is 0 Å². The number of ether oxygens (including phenoxy) is 1. The topological polar surface area (TPSA) is 24.5 Å². The molecule has 2 heterocycles. The Labute approximate surface area is 161 Å². The minimum atomic E-state index is 0.477. The number of fused-ring (bicyclic) bond motifs is 3. The van der Waals surface area contributed by atoms with Crippen LogP contribution in [0.25, 0.3) is 21.5 Å². The van der Waals surface area contributed by atoms with Crippen LogP contribution in [-0.2, 0) is 4.74 Å². The van der Waals surface area contributed by atoms with Gasteiger partial charge in [0.2, 0.25) is 0 Å². The monoisotopic (exact) mass is 360 g/mol. The largest absolute Gasteiger partial charge is 0.381 e. The molecule has 0 spiro atoms. The smallest absolute Gasteiger partial charge is 0.0469 e. The van der Waals surface area contributed by atoms with Crippen LogP contribution in [0.4, 0.5) is 0 Å². The van der Waals surface area contributed by atoms with E-state index in [-0.39, 0.29) is 0 Å². The molecule has 0 radical (unpaired) electrons. The van der Waals surface area contributed by atoms with Gasteiger partial charge in [-0.15, -0.1) is 0 Å². The third kappa shape index (κ3) is 3.25. The van der Waals surface area contributed by atoms with Crippen LogP contribution in [0.5, 0.6) is 0 Å². The first-order chi connectivity index (χ1) is 13.4. The van der Waals surface area contributed by atoms with Crippen molar-refractivity contribution in [2.75, 3.05) is 39.4 Å². The number of nitrogens with one attached hydrogen (secondary N) is 1. The lowest BCUT2D eigenvalue weighted by atomic mass is 9.82. The molecule has 3 nitrogen and oxygen atoms in total. The molecule has 27 heavy (non-hydrogen) atoms. The van der Waals surface area contributed by atoms with Gasteiger partial charge in [-0.3, -0.25) is 4.90 Å². The Morgan fingerprint density at radius 3 is 2.30 bits per heavy atom. The summed E-state index contributed by atoms with van der Waals surface area (Å²) in [6.45, 7) is 6.24. The van der Waals surface area contributed by atoms with Gasteiger partial charge in [0.1, 0.15) is 0 Å². The lowest BCUT2D eigenvalue weighted by molar-refractivity contribution is 0.0217. The van der Waals surface area contributed by atoms with Crippen LogP contribution in [0.15, 0.2) is 54.6 Å². The molecule has 0 amide bonds. The third-order valence-corrected chi connectivity index (χ3v) is 6.38. The second-order valence-electron chi connectivity index (χ2n) is 7.91. The summed E-state index contributed by atoms with van der Waals surface area (Å²) in [5.74, 6) is 0.668. The quantitative estimate of drug-likeness (QED) is 0.702. The van der Waals surface area contributed by atoms with Crippen LogP contribution in [-0.4, -0.2) is 44.3 Å². The van der Waals surface area contributed by atoms with Gasteiger partial charge in [0.15, 0.2) is 0 Å². The van der Waals surface area contributed by atoms with Crippen molar-refractivity contribution in [3.8, 4) is 0 Å². The molecular formula is C24H28N2O. The van der Waals surface area contributed by atoms with Crippen LogP contribution in [0.2, 0.25) is 0 Å². The van der Waals surface area contributed by atoms with Gasteiger partial charge >= 0.3 is 0 Å². The number of nitrogens with zero attached hydrogens (tertiary/aromatic N) is 1. The van der Waals surface area contributed by atoms with Crippen LogP contribution >= 0.6 is 0 Å². The Kier molecular flexibility index (Phi) is 4.83. The third-order valence-electron chi connectivity index (χ3n) is 6.38. The van der Waals surface area contributed by atoms with Crippen molar-refractivity contribution in [1.29, 1.82) is 0 Å². The van der Waals surface area contributed by atoms with Crippen molar-refractivity contribution in [3.63, 3.8) is 0 Å². The van der Waals surface area contributed by atoms with E-state index in [1.807, 2.05) is 0 Å². The fourth-order valence-corrected chi connectivity index (χ4v) is 5.07. The maximum absolute atomic E-state index is 5.70. The molecule has 0 bridgehead atoms. The van der Waals surface area contributed by atoms with Gasteiger partial charge in [-0.1, -0.05) is 48.5 Å². The highest BCUT2D eigenvalue weighted by atomic mass is 16.5. The van der Waals surface area contributed by atoms with Crippen LogP contribution in [0.1, 0.15) is 24.4 Å². The van der Waals surface area contributed by atoms with E-state index in [0.717, 1.165) is 52.2 Å². The molecule has 2 fully saturated rings. The predicted octanol–water partition coefficient (Wildman–Crippen LogP) is 4.37. The molecule has 140 valence electrons. The van der Waals surface area contributed by atoms with E-state index in [9.17, 15) is 0 Å². The van der Waals surface area contributed by atoms with Crippen molar-refractivity contribution in [2.45, 2.75) is 18.9 Å². The van der Waals surface area contributed by atoms with Crippen LogP contribution in [0, 0.1) is 5.92 Å². The number of hydrogen-bond acceptors (Lipinski definition) is 3. The van der Waals surface area contributed by atoms with Crippen molar-refractivity contribution >= 4 is 21.5 Å². The molecule has 0 saturated carbocycles. The number of piperazine rings is 1. The van der Waals surface area contributed by atoms with E-state index in [0.29, 0.717) is 12.0 Å². The summed E-state index contributed by atoms with van der Waals surface area (Å²) in [7, 11) is 0. The average Bonchev–Trinajstić information content (AvgIpc) is 2.76. The van der Waals surface area contributed by atoms with E-state index in [2.05, 4.69) is 64.8 Å². The van der Waals surface area contributed by atoms with Crippen molar-refractivity contribution in [3.05, 3.63) is 60.2 Å². The van der Waals surface area contributed by atoms with Gasteiger partial charge in [0.05, 0.1) is 0 Å². The fourth-order valence-electron chi connectivity index (χ4n) is 5.07. The van der Waals surface area contributed by atoms with Gasteiger partial charge in [-0.05, 0) is 51.9 Å². The fraction of sp³-hybridized carbons (Fsp3) is 0.417. The van der Waals surface area contributed by atoms with Crippen LogP contribution in [0.3, 0.4) is 0 Å². The summed E-state index contributed by atoms with van der Waals surface area (Å²) in [4.78, 5) is 2.73. The molecule has 1 atom stereocenters. The first kappa shape index (κ1) is 17.2. The van der Waals surface area contributed by atoms with Crippen molar-refractivity contribution in [2.24, 2.45) is 5.92 Å². The molecule has 2 aliphatic heterocycles. The SMILES string of the molecule is c1ccc2c(c1)cc([C@H](C1CCOCC1)N1CCNCC1)c1ccccc12. The highest BCUT2D eigenvalue weighted by molar-refractivity contribution is 6.09. The van der Waals surface area contributed by atoms with E-state index in [1.165, 1.54) is 27.1 Å². The molecule has 2 aliphatic rings. The predicted molar refractivity (Wildman–Crippen MR) is 112 cm³/mol. The molecule has 0 unspecified atom stereocenters. The highest BCUT2D eigenvalue weighted by Gasteiger charge is 2.32. The lowest BCUT2D eigenvalue weighted by Crippen LogP contribution is -2.47. The van der Waals surface area contributed by atoms with Crippen molar-refractivity contribution in [1.82, 2.24) is 10.2 Å². The molecule has 3 heteroatoms. The second kappa shape index (κ2) is 7.59. The molecule has 0 aliphatic carbocycles. The van der Waals surface area contributed by atoms with E-state index >= 15 is 0 Å². The summed E-state index contributed by atoms with van der Waals surface area (Å²) in [6, 6.07) is 20.8. The normalized spacial score (nSPS) is 20.9. The Morgan fingerprint density at radius 1 is 0.852 bits per heavy atom. The summed E-state index contributed by atoms with van der Waals surface area (Å²) in [5, 5.41) is 9.06. The first-order valence-electron chi connectivity index (χ1n) is 10.3. The van der Waals surface area contributed by atoms with Gasteiger partial charge in [0.25, 0.3) is 0 Å². The number of benzene rings is 3. The Hall–Kier alpha value is -1.94. The zero-order valence-corrected chi connectivity index (χ0v) is 15.9. The second-order valence-corrected chi connectivity index (χ2v) is 7.91. The molecule has 3 aromatic rings. The highest BCUT2D eigenvalue weighted by Crippen LogP contribution is 2.40.